The number of hydrogen-bond donors (Lipinski definition) is 2. The molecular formula is C24H23N7O2S. The molecule has 6 rings (SSSR count). The van der Waals surface area contributed by atoms with E-state index >= 15 is 0 Å². The third kappa shape index (κ3) is 3.74. The monoisotopic (exact) mass is 473 g/mol. The summed E-state index contributed by atoms with van der Waals surface area (Å²) in [6.45, 7) is 0.534. The van der Waals surface area contributed by atoms with Crippen LogP contribution in [0.25, 0.3) is 22.0 Å². The second-order valence-electron chi connectivity index (χ2n) is 8.76. The standard InChI is InChI=1S/C24H23N7O2S/c1-30-12-9-24(33,22(30)32)16-4-2-3-15(13-16)21-26-19(14-34-21)18-7-10-25-23(27-18)28-20-8-11-31(29-20)17-5-6-17/h2-4,7-8,10-11,13-14,17,33H,5-6,9,12H2,1H3,(H,25,27,28,29). The maximum atomic E-state index is 12.5. The molecule has 1 aromatic carbocycles. The summed E-state index contributed by atoms with van der Waals surface area (Å²) in [6.07, 6.45) is 6.40. The van der Waals surface area contributed by atoms with Crippen molar-refractivity contribution in [2.45, 2.75) is 30.9 Å². The van der Waals surface area contributed by atoms with Crippen molar-refractivity contribution in [1.82, 2.24) is 29.6 Å². The van der Waals surface area contributed by atoms with Crippen LogP contribution in [0.4, 0.5) is 11.8 Å². The second kappa shape index (κ2) is 8.00. The molecule has 0 radical (unpaired) electrons. The molecule has 1 atom stereocenters. The molecule has 1 aliphatic heterocycles. The molecular weight excluding hydrogens is 450 g/mol. The van der Waals surface area contributed by atoms with Gasteiger partial charge in [-0.25, -0.2) is 15.0 Å². The van der Waals surface area contributed by atoms with E-state index in [9.17, 15) is 9.90 Å². The number of aliphatic hydroxyl groups is 1. The van der Waals surface area contributed by atoms with Gasteiger partial charge in [0.05, 0.1) is 11.7 Å². The van der Waals surface area contributed by atoms with Crippen molar-refractivity contribution in [1.29, 1.82) is 0 Å². The van der Waals surface area contributed by atoms with E-state index in [1.54, 1.807) is 24.2 Å². The molecule has 1 amide bonds. The average molecular weight is 474 g/mol. The maximum absolute atomic E-state index is 12.5. The third-order valence-electron chi connectivity index (χ3n) is 6.29. The average Bonchev–Trinajstić information content (AvgIpc) is 3.29. The van der Waals surface area contributed by atoms with E-state index in [1.807, 2.05) is 46.6 Å². The van der Waals surface area contributed by atoms with Crippen LogP contribution < -0.4 is 5.32 Å². The minimum absolute atomic E-state index is 0.271. The van der Waals surface area contributed by atoms with Gasteiger partial charge in [-0.15, -0.1) is 11.3 Å². The lowest BCUT2D eigenvalue weighted by atomic mass is 9.91. The number of hydrogen-bond acceptors (Lipinski definition) is 8. The van der Waals surface area contributed by atoms with Gasteiger partial charge in [-0.2, -0.15) is 5.10 Å². The largest absolute Gasteiger partial charge is 0.375 e. The highest BCUT2D eigenvalue weighted by molar-refractivity contribution is 7.13. The molecule has 2 fully saturated rings. The van der Waals surface area contributed by atoms with Crippen molar-refractivity contribution < 1.29 is 9.90 Å². The number of carbonyl (C=O) groups is 1. The van der Waals surface area contributed by atoms with E-state index in [2.05, 4.69) is 20.4 Å². The molecule has 1 aliphatic carbocycles. The van der Waals surface area contributed by atoms with Crippen LogP contribution in [0.3, 0.4) is 0 Å². The Morgan fingerprint density at radius 1 is 1.18 bits per heavy atom. The fourth-order valence-electron chi connectivity index (χ4n) is 4.18. The Hall–Kier alpha value is -3.63. The predicted octanol–water partition coefficient (Wildman–Crippen LogP) is 3.59. The smallest absolute Gasteiger partial charge is 0.258 e. The van der Waals surface area contributed by atoms with Crippen molar-refractivity contribution in [3.8, 4) is 22.0 Å². The molecule has 172 valence electrons. The summed E-state index contributed by atoms with van der Waals surface area (Å²) in [7, 11) is 1.71. The second-order valence-corrected chi connectivity index (χ2v) is 9.62. The zero-order valence-corrected chi connectivity index (χ0v) is 19.4. The first kappa shape index (κ1) is 20.9. The molecule has 2 N–H and O–H groups in total. The number of carbonyl (C=O) groups excluding carboxylic acids is 1. The van der Waals surface area contributed by atoms with Crippen LogP contribution in [0.5, 0.6) is 0 Å². The van der Waals surface area contributed by atoms with Crippen LogP contribution in [0, 0.1) is 0 Å². The number of rotatable bonds is 6. The number of nitrogens with one attached hydrogen (secondary N) is 1. The zero-order valence-electron chi connectivity index (χ0n) is 18.5. The van der Waals surface area contributed by atoms with Crippen LogP contribution in [-0.4, -0.2) is 54.2 Å². The van der Waals surface area contributed by atoms with E-state index in [-0.39, 0.29) is 5.91 Å². The highest BCUT2D eigenvalue weighted by Crippen LogP contribution is 2.36. The van der Waals surface area contributed by atoms with Gasteiger partial charge in [0.25, 0.3) is 5.91 Å². The first-order valence-electron chi connectivity index (χ1n) is 11.2. The number of nitrogens with zero attached hydrogens (tertiary/aromatic N) is 6. The molecule has 9 nitrogen and oxygen atoms in total. The van der Waals surface area contributed by atoms with E-state index in [1.165, 1.54) is 24.2 Å². The number of amides is 1. The summed E-state index contributed by atoms with van der Waals surface area (Å²) in [5, 5.41) is 21.4. The molecule has 1 unspecified atom stereocenters. The summed E-state index contributed by atoms with van der Waals surface area (Å²) >= 11 is 1.49. The fraction of sp³-hybridized carbons (Fsp3) is 0.292. The fourth-order valence-corrected chi connectivity index (χ4v) is 4.99. The molecule has 2 aliphatic rings. The van der Waals surface area contributed by atoms with Crippen molar-refractivity contribution >= 4 is 29.0 Å². The number of likely N-dealkylation sites (N-methyl/N-ethyl adjacent to an activating group) is 1. The first-order chi connectivity index (χ1) is 16.5. The van der Waals surface area contributed by atoms with Crippen LogP contribution in [0.15, 0.2) is 54.2 Å². The summed E-state index contributed by atoms with van der Waals surface area (Å²) in [5.74, 6) is 0.901. The van der Waals surface area contributed by atoms with Crippen molar-refractivity contribution in [2.75, 3.05) is 18.9 Å². The van der Waals surface area contributed by atoms with Gasteiger partial charge in [0.2, 0.25) is 5.95 Å². The molecule has 3 aromatic heterocycles. The number of aromatic nitrogens is 5. The van der Waals surface area contributed by atoms with E-state index in [0.717, 1.165) is 16.3 Å². The first-order valence-corrected chi connectivity index (χ1v) is 12.1. The van der Waals surface area contributed by atoms with Crippen LogP contribution in [-0.2, 0) is 10.4 Å². The van der Waals surface area contributed by atoms with Gasteiger partial charge in [0, 0.05) is 49.4 Å². The topological polar surface area (TPSA) is 109 Å². The molecule has 1 saturated carbocycles. The number of likely N-dealkylation sites (tertiary alicyclic amines) is 1. The van der Waals surface area contributed by atoms with E-state index in [4.69, 9.17) is 4.98 Å². The van der Waals surface area contributed by atoms with Gasteiger partial charge in [0.15, 0.2) is 11.4 Å². The molecule has 0 spiro atoms. The SMILES string of the molecule is CN1CCC(O)(c2cccc(-c3nc(-c4ccnc(Nc5ccn(C6CC6)n5)n4)cs3)c2)C1=O. The number of thiazole rings is 1. The Balaban J connectivity index is 1.24. The van der Waals surface area contributed by atoms with Crippen LogP contribution in [0.1, 0.15) is 30.9 Å². The molecule has 4 aromatic rings. The Kier molecular flexibility index (Phi) is 4.93. The van der Waals surface area contributed by atoms with Gasteiger partial charge in [0.1, 0.15) is 10.7 Å². The molecule has 4 heterocycles. The van der Waals surface area contributed by atoms with Crippen molar-refractivity contribution in [3.63, 3.8) is 0 Å². The van der Waals surface area contributed by atoms with E-state index in [0.29, 0.717) is 42.0 Å². The lowest BCUT2D eigenvalue weighted by Crippen LogP contribution is -2.36. The minimum Gasteiger partial charge on any atom is -0.375 e. The maximum Gasteiger partial charge on any atom is 0.258 e. The van der Waals surface area contributed by atoms with Crippen LogP contribution in [0.2, 0.25) is 0 Å². The normalized spacial score (nSPS) is 20.2. The molecule has 1 saturated heterocycles. The summed E-state index contributed by atoms with van der Waals surface area (Å²) in [6, 6.07) is 11.7. The van der Waals surface area contributed by atoms with Gasteiger partial charge in [-0.05, 0) is 30.5 Å². The summed E-state index contributed by atoms with van der Waals surface area (Å²) in [4.78, 5) is 27.7. The summed E-state index contributed by atoms with van der Waals surface area (Å²) in [5.41, 5.74) is 1.39. The van der Waals surface area contributed by atoms with E-state index < -0.39 is 5.60 Å². The van der Waals surface area contributed by atoms with Crippen LogP contribution >= 0.6 is 11.3 Å². The Labute approximate surface area is 200 Å². The van der Waals surface area contributed by atoms with Crippen molar-refractivity contribution in [3.05, 3.63) is 59.7 Å². The Morgan fingerprint density at radius 2 is 2.06 bits per heavy atom. The Morgan fingerprint density at radius 3 is 2.85 bits per heavy atom. The molecule has 0 bridgehead atoms. The Bertz CT molecular complexity index is 1380. The molecule has 10 heteroatoms. The predicted molar refractivity (Wildman–Crippen MR) is 129 cm³/mol. The quantitative estimate of drug-likeness (QED) is 0.440. The number of benzene rings is 1. The highest BCUT2D eigenvalue weighted by atomic mass is 32.1. The lowest BCUT2D eigenvalue weighted by molar-refractivity contribution is -0.143. The summed E-state index contributed by atoms with van der Waals surface area (Å²) < 4.78 is 1.97. The molecule has 34 heavy (non-hydrogen) atoms. The van der Waals surface area contributed by atoms with Gasteiger partial charge in [-0.3, -0.25) is 9.48 Å². The van der Waals surface area contributed by atoms with Gasteiger partial charge >= 0.3 is 0 Å². The highest BCUT2D eigenvalue weighted by Gasteiger charge is 2.45. The number of anilines is 2. The lowest BCUT2D eigenvalue weighted by Gasteiger charge is -2.21. The van der Waals surface area contributed by atoms with Gasteiger partial charge in [-0.1, -0.05) is 18.2 Å². The van der Waals surface area contributed by atoms with Gasteiger partial charge < -0.3 is 15.3 Å². The third-order valence-corrected chi connectivity index (χ3v) is 7.18. The zero-order chi connectivity index (χ0) is 23.3. The van der Waals surface area contributed by atoms with Crippen molar-refractivity contribution in [2.24, 2.45) is 0 Å². The minimum atomic E-state index is -1.48.